The van der Waals surface area contributed by atoms with E-state index in [9.17, 15) is 0 Å². The van der Waals surface area contributed by atoms with E-state index in [1.807, 2.05) is 36.0 Å². The molecule has 0 amide bonds. The molecule has 0 heterocycles. The smallest absolute Gasteiger partial charge is 0.166 e. The first kappa shape index (κ1) is 15.1. The molecular weight excluding hydrogens is 264 g/mol. The van der Waals surface area contributed by atoms with Gasteiger partial charge in [0.05, 0.1) is 7.11 Å². The maximum Gasteiger partial charge on any atom is 0.166 e. The molecule has 0 aliphatic carbocycles. The maximum atomic E-state index is 5.20. The van der Waals surface area contributed by atoms with Gasteiger partial charge >= 0.3 is 0 Å². The third-order valence-electron chi connectivity index (χ3n) is 2.40. The fraction of sp³-hybridized carbons (Fsp3) is 0.462. The van der Waals surface area contributed by atoms with E-state index in [1.54, 1.807) is 7.11 Å². The Kier molecular flexibility index (Phi) is 7.60. The summed E-state index contributed by atoms with van der Waals surface area (Å²) in [5, 5.41) is 7.08. The molecule has 3 nitrogen and oxygen atoms in total. The van der Waals surface area contributed by atoms with Gasteiger partial charge in [-0.3, -0.25) is 0 Å². The SMILES string of the molecule is COc1cccc(CNC(=S)NCCCSC)c1. The van der Waals surface area contributed by atoms with Crippen molar-refractivity contribution in [1.29, 1.82) is 0 Å². The molecule has 0 radical (unpaired) electrons. The van der Waals surface area contributed by atoms with Crippen LogP contribution in [0.3, 0.4) is 0 Å². The molecule has 0 unspecified atom stereocenters. The van der Waals surface area contributed by atoms with Crippen LogP contribution in [0.4, 0.5) is 0 Å². The lowest BCUT2D eigenvalue weighted by Crippen LogP contribution is -2.35. The lowest BCUT2D eigenvalue weighted by Gasteiger charge is -2.10. The first-order chi connectivity index (χ1) is 8.76. The lowest BCUT2D eigenvalue weighted by atomic mass is 10.2. The molecule has 0 bridgehead atoms. The second-order valence-corrected chi connectivity index (χ2v) is 5.20. The summed E-state index contributed by atoms with van der Waals surface area (Å²) < 4.78 is 5.17. The van der Waals surface area contributed by atoms with E-state index < -0.39 is 0 Å². The molecule has 0 saturated heterocycles. The van der Waals surface area contributed by atoms with E-state index in [1.165, 1.54) is 0 Å². The Bertz CT molecular complexity index is 372. The van der Waals surface area contributed by atoms with Crippen LogP contribution in [0, 0.1) is 0 Å². The Labute approximate surface area is 119 Å². The van der Waals surface area contributed by atoms with Crippen molar-refractivity contribution in [2.45, 2.75) is 13.0 Å². The summed E-state index contributed by atoms with van der Waals surface area (Å²) in [7, 11) is 1.67. The average molecular weight is 284 g/mol. The Hall–Kier alpha value is -0.940. The summed E-state index contributed by atoms with van der Waals surface area (Å²) >= 11 is 7.05. The summed E-state index contributed by atoms with van der Waals surface area (Å²) in [5.41, 5.74) is 1.16. The van der Waals surface area contributed by atoms with Crippen molar-refractivity contribution in [2.75, 3.05) is 25.7 Å². The van der Waals surface area contributed by atoms with Crippen molar-refractivity contribution in [3.8, 4) is 5.75 Å². The minimum atomic E-state index is 0.707. The van der Waals surface area contributed by atoms with E-state index in [0.29, 0.717) is 11.7 Å². The highest BCUT2D eigenvalue weighted by molar-refractivity contribution is 7.98. The molecule has 18 heavy (non-hydrogen) atoms. The van der Waals surface area contributed by atoms with Crippen LogP contribution >= 0.6 is 24.0 Å². The zero-order valence-electron chi connectivity index (χ0n) is 10.9. The third-order valence-corrected chi connectivity index (χ3v) is 3.38. The Morgan fingerprint density at radius 3 is 2.94 bits per heavy atom. The minimum absolute atomic E-state index is 0.707. The lowest BCUT2D eigenvalue weighted by molar-refractivity contribution is 0.414. The topological polar surface area (TPSA) is 33.3 Å². The van der Waals surface area contributed by atoms with Crippen LogP contribution in [0.1, 0.15) is 12.0 Å². The predicted octanol–water partition coefficient (Wildman–Crippen LogP) is 2.41. The van der Waals surface area contributed by atoms with Crippen LogP contribution in [0.5, 0.6) is 5.75 Å². The van der Waals surface area contributed by atoms with Gasteiger partial charge in [0, 0.05) is 13.1 Å². The number of rotatable bonds is 7. The summed E-state index contributed by atoms with van der Waals surface area (Å²) in [4.78, 5) is 0. The summed E-state index contributed by atoms with van der Waals surface area (Å²) in [5.74, 6) is 2.03. The van der Waals surface area contributed by atoms with Gasteiger partial charge in [-0.1, -0.05) is 12.1 Å². The summed E-state index contributed by atoms with van der Waals surface area (Å²) in [6.07, 6.45) is 3.24. The van der Waals surface area contributed by atoms with Crippen molar-refractivity contribution >= 4 is 29.1 Å². The van der Waals surface area contributed by atoms with E-state index in [2.05, 4.69) is 16.9 Å². The zero-order valence-corrected chi connectivity index (χ0v) is 12.5. The zero-order chi connectivity index (χ0) is 13.2. The second-order valence-electron chi connectivity index (χ2n) is 3.81. The summed E-state index contributed by atoms with van der Waals surface area (Å²) in [6.45, 7) is 1.64. The van der Waals surface area contributed by atoms with Crippen LogP contribution in [-0.4, -0.2) is 30.8 Å². The van der Waals surface area contributed by atoms with E-state index in [-0.39, 0.29) is 0 Å². The number of thioether (sulfide) groups is 1. The molecule has 100 valence electrons. The first-order valence-corrected chi connectivity index (χ1v) is 7.70. The second kappa shape index (κ2) is 9.05. The van der Waals surface area contributed by atoms with Crippen molar-refractivity contribution in [3.63, 3.8) is 0 Å². The molecule has 1 aromatic rings. The van der Waals surface area contributed by atoms with Gasteiger partial charge in [-0.2, -0.15) is 11.8 Å². The number of hydrogen-bond acceptors (Lipinski definition) is 3. The van der Waals surface area contributed by atoms with Gasteiger partial charge in [0.15, 0.2) is 5.11 Å². The minimum Gasteiger partial charge on any atom is -0.497 e. The molecule has 0 aliphatic heterocycles. The fourth-order valence-electron chi connectivity index (χ4n) is 1.45. The summed E-state index contributed by atoms with van der Waals surface area (Å²) in [6, 6.07) is 7.96. The van der Waals surface area contributed by atoms with Gasteiger partial charge < -0.3 is 15.4 Å². The van der Waals surface area contributed by atoms with Gasteiger partial charge in [0.1, 0.15) is 5.75 Å². The number of nitrogens with one attached hydrogen (secondary N) is 2. The molecule has 0 aliphatic rings. The van der Waals surface area contributed by atoms with Gasteiger partial charge in [0.2, 0.25) is 0 Å². The number of thiocarbonyl (C=S) groups is 1. The van der Waals surface area contributed by atoms with E-state index in [4.69, 9.17) is 17.0 Å². The molecule has 2 N–H and O–H groups in total. The number of benzene rings is 1. The van der Waals surface area contributed by atoms with E-state index in [0.717, 1.165) is 30.0 Å². The van der Waals surface area contributed by atoms with Crippen molar-refractivity contribution in [3.05, 3.63) is 29.8 Å². The quantitative estimate of drug-likeness (QED) is 0.593. The fourth-order valence-corrected chi connectivity index (χ4v) is 2.05. The Morgan fingerprint density at radius 2 is 2.22 bits per heavy atom. The van der Waals surface area contributed by atoms with Gasteiger partial charge in [-0.05, 0) is 48.3 Å². The highest BCUT2D eigenvalue weighted by Crippen LogP contribution is 2.11. The first-order valence-electron chi connectivity index (χ1n) is 5.90. The molecule has 1 rings (SSSR count). The highest BCUT2D eigenvalue weighted by atomic mass is 32.2. The molecule has 0 saturated carbocycles. The van der Waals surface area contributed by atoms with Crippen LogP contribution in [-0.2, 0) is 6.54 Å². The van der Waals surface area contributed by atoms with Crippen LogP contribution < -0.4 is 15.4 Å². The van der Waals surface area contributed by atoms with Gasteiger partial charge in [0.25, 0.3) is 0 Å². The number of methoxy groups -OCH3 is 1. The molecule has 1 aromatic carbocycles. The van der Waals surface area contributed by atoms with Crippen molar-refractivity contribution in [1.82, 2.24) is 10.6 Å². The van der Waals surface area contributed by atoms with Gasteiger partial charge in [-0.15, -0.1) is 0 Å². The van der Waals surface area contributed by atoms with E-state index >= 15 is 0 Å². The van der Waals surface area contributed by atoms with Crippen LogP contribution in [0.15, 0.2) is 24.3 Å². The number of hydrogen-bond donors (Lipinski definition) is 2. The molecule has 0 spiro atoms. The molecule has 5 heteroatoms. The maximum absolute atomic E-state index is 5.20. The normalized spacial score (nSPS) is 9.89. The van der Waals surface area contributed by atoms with Crippen molar-refractivity contribution < 1.29 is 4.74 Å². The molecule has 0 fully saturated rings. The van der Waals surface area contributed by atoms with Crippen LogP contribution in [0.2, 0.25) is 0 Å². The standard InChI is InChI=1S/C13H20N2OS2/c1-16-12-6-3-5-11(9-12)10-15-13(17)14-7-4-8-18-2/h3,5-6,9H,4,7-8,10H2,1-2H3,(H2,14,15,17). The monoisotopic (exact) mass is 284 g/mol. The largest absolute Gasteiger partial charge is 0.497 e. The number of ether oxygens (including phenoxy) is 1. The molecule has 0 aromatic heterocycles. The van der Waals surface area contributed by atoms with Crippen LogP contribution in [0.25, 0.3) is 0 Å². The van der Waals surface area contributed by atoms with Gasteiger partial charge in [-0.25, -0.2) is 0 Å². The molecule has 0 atom stereocenters. The Morgan fingerprint density at radius 1 is 1.39 bits per heavy atom. The highest BCUT2D eigenvalue weighted by Gasteiger charge is 1.98. The Balaban J connectivity index is 2.24. The average Bonchev–Trinajstić information content (AvgIpc) is 2.41. The van der Waals surface area contributed by atoms with Crippen molar-refractivity contribution in [2.24, 2.45) is 0 Å². The third kappa shape index (κ3) is 6.12. The molecular formula is C13H20N2OS2. The predicted molar refractivity (Wildman–Crippen MR) is 83.4 cm³/mol.